The number of rotatable bonds is 5. The molecule has 3 nitrogen and oxygen atoms in total. The van der Waals surface area contributed by atoms with Gasteiger partial charge < -0.3 is 10.0 Å². The van der Waals surface area contributed by atoms with Gasteiger partial charge in [0.1, 0.15) is 0 Å². The summed E-state index contributed by atoms with van der Waals surface area (Å²) in [7, 11) is 2.04. The van der Waals surface area contributed by atoms with Gasteiger partial charge in [0.05, 0.1) is 11.8 Å². The van der Waals surface area contributed by atoms with Gasteiger partial charge in [-0.15, -0.1) is 11.3 Å². The van der Waals surface area contributed by atoms with E-state index in [4.69, 9.17) is 0 Å². The van der Waals surface area contributed by atoms with Gasteiger partial charge in [-0.2, -0.15) is 0 Å². The molecule has 0 aliphatic carbocycles. The minimum Gasteiger partial charge on any atom is -0.387 e. The molecule has 1 rings (SSSR count). The highest BCUT2D eigenvalue weighted by atomic mass is 32.1. The average Bonchev–Trinajstić information content (AvgIpc) is 2.62. The first kappa shape index (κ1) is 11.5. The van der Waals surface area contributed by atoms with Crippen molar-refractivity contribution in [2.45, 2.75) is 32.8 Å². The molecule has 4 heteroatoms. The Morgan fingerprint density at radius 3 is 2.86 bits per heavy atom. The van der Waals surface area contributed by atoms with Crippen molar-refractivity contribution >= 4 is 16.5 Å². The van der Waals surface area contributed by atoms with Crippen LogP contribution in [-0.2, 0) is 0 Å². The van der Waals surface area contributed by atoms with Crippen LogP contribution in [0.15, 0.2) is 5.38 Å². The number of nitrogens with zero attached hydrogens (tertiary/aromatic N) is 2. The molecule has 0 spiro atoms. The molecule has 14 heavy (non-hydrogen) atoms. The molecule has 0 radical (unpaired) electrons. The van der Waals surface area contributed by atoms with Crippen molar-refractivity contribution in [1.29, 1.82) is 0 Å². The molecular formula is C10H18N2OS. The zero-order chi connectivity index (χ0) is 10.6. The molecule has 0 aliphatic heterocycles. The maximum Gasteiger partial charge on any atom is 0.185 e. The summed E-state index contributed by atoms with van der Waals surface area (Å²) in [4.78, 5) is 6.50. The first-order valence-corrected chi connectivity index (χ1v) is 5.87. The van der Waals surface area contributed by atoms with E-state index in [0.29, 0.717) is 0 Å². The molecule has 0 amide bonds. The molecule has 0 fully saturated rings. The second kappa shape index (κ2) is 5.32. The second-order valence-corrected chi connectivity index (χ2v) is 4.34. The number of hydrogen-bond acceptors (Lipinski definition) is 4. The third-order valence-corrected chi connectivity index (χ3v) is 3.08. The highest BCUT2D eigenvalue weighted by Gasteiger charge is 2.09. The van der Waals surface area contributed by atoms with Crippen molar-refractivity contribution in [3.8, 4) is 0 Å². The van der Waals surface area contributed by atoms with Crippen LogP contribution in [0.2, 0.25) is 0 Å². The minimum atomic E-state index is -0.459. The van der Waals surface area contributed by atoms with Crippen LogP contribution in [-0.4, -0.2) is 23.7 Å². The summed E-state index contributed by atoms with van der Waals surface area (Å²) in [5, 5.41) is 12.2. The van der Waals surface area contributed by atoms with Crippen LogP contribution < -0.4 is 4.90 Å². The molecule has 80 valence electrons. The lowest BCUT2D eigenvalue weighted by Gasteiger charge is -2.14. The lowest BCUT2D eigenvalue weighted by atomic mass is 10.3. The molecule has 0 aromatic carbocycles. The molecule has 1 heterocycles. The van der Waals surface area contributed by atoms with Gasteiger partial charge in [-0.1, -0.05) is 13.3 Å². The molecule has 0 bridgehead atoms. The number of aliphatic hydroxyl groups is 1. The Labute approximate surface area is 89.4 Å². The van der Waals surface area contributed by atoms with Crippen LogP contribution in [0.5, 0.6) is 0 Å². The number of hydrogen-bond donors (Lipinski definition) is 1. The summed E-state index contributed by atoms with van der Waals surface area (Å²) in [5.41, 5.74) is 0.772. The van der Waals surface area contributed by atoms with E-state index in [1.54, 1.807) is 18.3 Å². The number of aliphatic hydroxyl groups excluding tert-OH is 1. The van der Waals surface area contributed by atoms with Crippen LogP contribution in [0.3, 0.4) is 0 Å². The fourth-order valence-electron chi connectivity index (χ4n) is 1.13. The van der Waals surface area contributed by atoms with E-state index in [1.165, 1.54) is 12.8 Å². The van der Waals surface area contributed by atoms with Crippen LogP contribution >= 0.6 is 11.3 Å². The predicted octanol–water partition coefficient (Wildman–Crippen LogP) is 2.43. The van der Waals surface area contributed by atoms with Crippen LogP contribution in [0.1, 0.15) is 38.5 Å². The topological polar surface area (TPSA) is 36.4 Å². The summed E-state index contributed by atoms with van der Waals surface area (Å²) in [6.45, 7) is 4.95. The molecule has 1 aromatic rings. The molecule has 0 saturated heterocycles. The van der Waals surface area contributed by atoms with Gasteiger partial charge in [0.25, 0.3) is 0 Å². The lowest BCUT2D eigenvalue weighted by Crippen LogP contribution is -2.18. The fourth-order valence-corrected chi connectivity index (χ4v) is 2.04. The Kier molecular flexibility index (Phi) is 4.35. The van der Waals surface area contributed by atoms with Crippen molar-refractivity contribution in [2.24, 2.45) is 0 Å². The van der Waals surface area contributed by atoms with E-state index in [2.05, 4.69) is 16.8 Å². The van der Waals surface area contributed by atoms with E-state index in [9.17, 15) is 5.11 Å². The standard InChI is InChI=1S/C10H18N2OS/c1-4-5-6-12(3)10-11-9(7-14-10)8(2)13/h7-8,13H,4-6H2,1-3H3. The van der Waals surface area contributed by atoms with Gasteiger partial charge in [0, 0.05) is 19.0 Å². The number of anilines is 1. The Morgan fingerprint density at radius 1 is 1.64 bits per heavy atom. The van der Waals surface area contributed by atoms with Crippen LogP contribution in [0.4, 0.5) is 5.13 Å². The van der Waals surface area contributed by atoms with Crippen molar-refractivity contribution < 1.29 is 5.11 Å². The average molecular weight is 214 g/mol. The maximum atomic E-state index is 9.32. The third kappa shape index (κ3) is 2.96. The Morgan fingerprint density at radius 2 is 2.36 bits per heavy atom. The molecule has 1 aromatic heterocycles. The fraction of sp³-hybridized carbons (Fsp3) is 0.700. The molecule has 1 atom stereocenters. The summed E-state index contributed by atoms with van der Waals surface area (Å²) < 4.78 is 0. The lowest BCUT2D eigenvalue weighted by molar-refractivity contribution is 0.195. The minimum absolute atomic E-state index is 0.459. The largest absolute Gasteiger partial charge is 0.387 e. The maximum absolute atomic E-state index is 9.32. The highest BCUT2D eigenvalue weighted by Crippen LogP contribution is 2.23. The zero-order valence-electron chi connectivity index (χ0n) is 9.03. The first-order valence-electron chi connectivity index (χ1n) is 4.99. The van der Waals surface area contributed by atoms with Crippen molar-refractivity contribution in [3.05, 3.63) is 11.1 Å². The van der Waals surface area contributed by atoms with E-state index in [-0.39, 0.29) is 0 Å². The van der Waals surface area contributed by atoms with Gasteiger partial charge >= 0.3 is 0 Å². The van der Waals surface area contributed by atoms with E-state index in [1.807, 2.05) is 12.4 Å². The molecule has 0 saturated carbocycles. The Bertz CT molecular complexity index is 273. The molecular weight excluding hydrogens is 196 g/mol. The number of aromatic nitrogens is 1. The SMILES string of the molecule is CCCCN(C)c1nc(C(C)O)cs1. The van der Waals surface area contributed by atoms with E-state index in [0.717, 1.165) is 17.4 Å². The predicted molar refractivity (Wildman–Crippen MR) is 60.9 cm³/mol. The number of unbranched alkanes of at least 4 members (excludes halogenated alkanes) is 1. The molecule has 1 unspecified atom stereocenters. The van der Waals surface area contributed by atoms with Crippen LogP contribution in [0, 0.1) is 0 Å². The van der Waals surface area contributed by atoms with Crippen molar-refractivity contribution in [3.63, 3.8) is 0 Å². The summed E-state index contributed by atoms with van der Waals surface area (Å²) in [6.07, 6.45) is 1.92. The first-order chi connectivity index (χ1) is 6.65. The highest BCUT2D eigenvalue weighted by molar-refractivity contribution is 7.13. The number of thiazole rings is 1. The van der Waals surface area contributed by atoms with Gasteiger partial charge in [-0.3, -0.25) is 0 Å². The van der Waals surface area contributed by atoms with E-state index >= 15 is 0 Å². The van der Waals surface area contributed by atoms with Gasteiger partial charge in [0.15, 0.2) is 5.13 Å². The molecule has 1 N–H and O–H groups in total. The summed E-state index contributed by atoms with van der Waals surface area (Å²) >= 11 is 1.59. The smallest absolute Gasteiger partial charge is 0.185 e. The molecule has 0 aliphatic rings. The van der Waals surface area contributed by atoms with Gasteiger partial charge in [-0.25, -0.2) is 4.98 Å². The van der Waals surface area contributed by atoms with E-state index < -0.39 is 6.10 Å². The Balaban J connectivity index is 2.57. The van der Waals surface area contributed by atoms with Crippen LogP contribution in [0.25, 0.3) is 0 Å². The van der Waals surface area contributed by atoms with Gasteiger partial charge in [0.2, 0.25) is 0 Å². The Hall–Kier alpha value is -0.610. The van der Waals surface area contributed by atoms with Crippen molar-refractivity contribution in [1.82, 2.24) is 4.98 Å². The normalized spacial score (nSPS) is 12.9. The monoisotopic (exact) mass is 214 g/mol. The zero-order valence-corrected chi connectivity index (χ0v) is 9.84. The van der Waals surface area contributed by atoms with Crippen molar-refractivity contribution in [2.75, 3.05) is 18.5 Å². The summed E-state index contributed by atoms with van der Waals surface area (Å²) in [6, 6.07) is 0. The van der Waals surface area contributed by atoms with Gasteiger partial charge in [-0.05, 0) is 13.3 Å². The third-order valence-electron chi connectivity index (χ3n) is 2.11. The summed E-state index contributed by atoms with van der Waals surface area (Å²) in [5.74, 6) is 0. The second-order valence-electron chi connectivity index (χ2n) is 3.51. The quantitative estimate of drug-likeness (QED) is 0.818.